The summed E-state index contributed by atoms with van der Waals surface area (Å²) in [4.78, 5) is 15.2. The first-order valence-electron chi connectivity index (χ1n) is 10.2. The molecule has 0 radical (unpaired) electrons. The lowest BCUT2D eigenvalue weighted by atomic mass is 10.1. The summed E-state index contributed by atoms with van der Waals surface area (Å²) in [5.74, 6) is 0.400. The van der Waals surface area contributed by atoms with Crippen molar-refractivity contribution in [1.29, 1.82) is 0 Å². The van der Waals surface area contributed by atoms with E-state index in [0.29, 0.717) is 22.2 Å². The smallest absolute Gasteiger partial charge is 0.258 e. The number of rotatable bonds is 5. The molecule has 0 aliphatic heterocycles. The molecule has 0 amide bonds. The van der Waals surface area contributed by atoms with Crippen LogP contribution in [0.25, 0.3) is 27.8 Å². The molecular formula is C23H21FN4O3. The third-order valence-corrected chi connectivity index (χ3v) is 5.66. The topological polar surface area (TPSA) is 82.0 Å². The number of methoxy groups -OCH3 is 1. The lowest BCUT2D eigenvalue weighted by Crippen LogP contribution is -2.27. The molecule has 2 aromatic carbocycles. The zero-order chi connectivity index (χ0) is 21.4. The Kier molecular flexibility index (Phi) is 4.99. The van der Waals surface area contributed by atoms with E-state index >= 15 is 0 Å². The zero-order valence-corrected chi connectivity index (χ0v) is 16.9. The Bertz CT molecular complexity index is 1280. The Morgan fingerprint density at radius 3 is 2.71 bits per heavy atom. The van der Waals surface area contributed by atoms with Crippen molar-refractivity contribution in [3.05, 3.63) is 70.9 Å². The summed E-state index contributed by atoms with van der Waals surface area (Å²) >= 11 is 0. The Morgan fingerprint density at radius 2 is 1.90 bits per heavy atom. The van der Waals surface area contributed by atoms with Crippen molar-refractivity contribution in [2.45, 2.75) is 31.5 Å². The number of benzene rings is 2. The molecule has 0 saturated heterocycles. The van der Waals surface area contributed by atoms with E-state index in [1.54, 1.807) is 24.1 Å². The maximum atomic E-state index is 13.6. The molecular weight excluding hydrogens is 399 g/mol. The number of nitrogens with one attached hydrogen (secondary N) is 1. The summed E-state index contributed by atoms with van der Waals surface area (Å²) in [5.41, 5.74) is 1.78. The molecule has 2 atom stereocenters. The van der Waals surface area contributed by atoms with Gasteiger partial charge in [-0.1, -0.05) is 5.21 Å². The molecule has 31 heavy (non-hydrogen) atoms. The van der Waals surface area contributed by atoms with Gasteiger partial charge in [-0.25, -0.2) is 9.07 Å². The Labute approximate surface area is 177 Å². The van der Waals surface area contributed by atoms with Gasteiger partial charge >= 0.3 is 0 Å². The zero-order valence-electron chi connectivity index (χ0n) is 16.9. The highest BCUT2D eigenvalue weighted by atomic mass is 19.1. The Balaban J connectivity index is 1.39. The number of nitrogens with zero attached hydrogens (tertiary/aromatic N) is 3. The number of aromatic nitrogens is 4. The number of fused-ring (bicyclic) bond motifs is 1. The SMILES string of the molecule is CO[C@H]1CCC[C@@H]1Oc1ccc(-n2cc(-c3cc4cc(F)ccc4[nH]c3=O)nn2)cc1. The molecule has 5 rings (SSSR count). The van der Waals surface area contributed by atoms with E-state index in [1.165, 1.54) is 18.2 Å². The number of hydrogen-bond acceptors (Lipinski definition) is 5. The monoisotopic (exact) mass is 420 g/mol. The summed E-state index contributed by atoms with van der Waals surface area (Å²) < 4.78 is 26.7. The minimum absolute atomic E-state index is 0.0679. The van der Waals surface area contributed by atoms with E-state index in [0.717, 1.165) is 30.7 Å². The van der Waals surface area contributed by atoms with Gasteiger partial charge in [0.05, 0.1) is 23.6 Å². The van der Waals surface area contributed by atoms with Crippen LogP contribution in [0, 0.1) is 5.82 Å². The molecule has 8 heteroatoms. The number of hydrogen-bond donors (Lipinski definition) is 1. The highest BCUT2D eigenvalue weighted by Crippen LogP contribution is 2.27. The van der Waals surface area contributed by atoms with Gasteiger partial charge in [0.15, 0.2) is 0 Å². The first-order valence-corrected chi connectivity index (χ1v) is 10.2. The molecule has 7 nitrogen and oxygen atoms in total. The van der Waals surface area contributed by atoms with Crippen LogP contribution >= 0.6 is 0 Å². The highest BCUT2D eigenvalue weighted by Gasteiger charge is 2.28. The second-order valence-corrected chi connectivity index (χ2v) is 7.65. The van der Waals surface area contributed by atoms with Crippen molar-refractivity contribution in [1.82, 2.24) is 20.0 Å². The summed E-state index contributed by atoms with van der Waals surface area (Å²) in [6.45, 7) is 0. The molecule has 2 aromatic heterocycles. The number of halogens is 1. The lowest BCUT2D eigenvalue weighted by molar-refractivity contribution is 0.0229. The number of ether oxygens (including phenoxy) is 2. The van der Waals surface area contributed by atoms with E-state index < -0.39 is 0 Å². The van der Waals surface area contributed by atoms with Crippen molar-refractivity contribution < 1.29 is 13.9 Å². The van der Waals surface area contributed by atoms with Gasteiger partial charge in [0.2, 0.25) is 0 Å². The highest BCUT2D eigenvalue weighted by molar-refractivity contribution is 5.82. The van der Waals surface area contributed by atoms with E-state index in [-0.39, 0.29) is 23.6 Å². The van der Waals surface area contributed by atoms with E-state index in [1.807, 2.05) is 24.3 Å². The molecule has 0 bridgehead atoms. The van der Waals surface area contributed by atoms with Gasteiger partial charge < -0.3 is 14.5 Å². The van der Waals surface area contributed by atoms with Gasteiger partial charge in [-0.2, -0.15) is 0 Å². The van der Waals surface area contributed by atoms with Crippen LogP contribution in [0.1, 0.15) is 19.3 Å². The lowest BCUT2D eigenvalue weighted by Gasteiger charge is -2.20. The predicted octanol–water partition coefficient (Wildman–Crippen LogP) is 3.86. The predicted molar refractivity (Wildman–Crippen MR) is 114 cm³/mol. The average molecular weight is 420 g/mol. The van der Waals surface area contributed by atoms with Gasteiger partial charge in [-0.15, -0.1) is 5.10 Å². The largest absolute Gasteiger partial charge is 0.488 e. The normalized spacial score (nSPS) is 18.5. The fourth-order valence-electron chi connectivity index (χ4n) is 4.03. The van der Waals surface area contributed by atoms with Gasteiger partial charge in [0.1, 0.15) is 23.4 Å². The molecule has 1 N–H and O–H groups in total. The second kappa shape index (κ2) is 7.96. The molecule has 0 unspecified atom stereocenters. The van der Waals surface area contributed by atoms with Gasteiger partial charge in [0.25, 0.3) is 5.56 Å². The molecule has 0 spiro atoms. The fraction of sp³-hybridized carbons (Fsp3) is 0.261. The number of pyridine rings is 1. The summed E-state index contributed by atoms with van der Waals surface area (Å²) in [6.07, 6.45) is 4.97. The average Bonchev–Trinajstić information content (AvgIpc) is 3.44. The van der Waals surface area contributed by atoms with Crippen LogP contribution in [0.15, 0.2) is 59.5 Å². The molecule has 1 aliphatic rings. The van der Waals surface area contributed by atoms with Crippen LogP contribution in [-0.4, -0.2) is 39.3 Å². The van der Waals surface area contributed by atoms with Crippen LogP contribution in [0.5, 0.6) is 5.75 Å². The summed E-state index contributed by atoms with van der Waals surface area (Å²) in [6, 6.07) is 13.4. The summed E-state index contributed by atoms with van der Waals surface area (Å²) in [5, 5.41) is 8.86. The third kappa shape index (κ3) is 3.82. The van der Waals surface area contributed by atoms with E-state index in [4.69, 9.17) is 9.47 Å². The Morgan fingerprint density at radius 1 is 1.10 bits per heavy atom. The van der Waals surface area contributed by atoms with Crippen LogP contribution in [0.3, 0.4) is 0 Å². The quantitative estimate of drug-likeness (QED) is 0.530. The van der Waals surface area contributed by atoms with Gasteiger partial charge in [0, 0.05) is 18.0 Å². The maximum absolute atomic E-state index is 13.6. The summed E-state index contributed by atoms with van der Waals surface area (Å²) in [7, 11) is 1.72. The molecule has 1 fully saturated rings. The first kappa shape index (κ1) is 19.4. The van der Waals surface area contributed by atoms with E-state index in [2.05, 4.69) is 15.3 Å². The van der Waals surface area contributed by atoms with Crippen molar-refractivity contribution in [3.8, 4) is 22.7 Å². The minimum atomic E-state index is -0.370. The van der Waals surface area contributed by atoms with Crippen LogP contribution < -0.4 is 10.3 Å². The minimum Gasteiger partial charge on any atom is -0.488 e. The standard InChI is InChI=1S/C23H21FN4O3/c1-30-21-3-2-4-22(21)31-17-8-6-16(7-9-17)28-13-20(26-27-28)18-12-14-11-15(24)5-10-19(14)25-23(18)29/h5-13,21-22H,2-4H2,1H3,(H,25,29)/t21-,22-/m0/s1. The van der Waals surface area contributed by atoms with E-state index in [9.17, 15) is 9.18 Å². The van der Waals surface area contributed by atoms with Gasteiger partial charge in [-0.05, 0) is 67.8 Å². The number of aromatic amines is 1. The molecule has 1 saturated carbocycles. The maximum Gasteiger partial charge on any atom is 0.258 e. The van der Waals surface area contributed by atoms with Crippen LogP contribution in [0.2, 0.25) is 0 Å². The second-order valence-electron chi connectivity index (χ2n) is 7.65. The fourth-order valence-corrected chi connectivity index (χ4v) is 4.03. The number of H-pyrrole nitrogens is 1. The van der Waals surface area contributed by atoms with Crippen molar-refractivity contribution >= 4 is 10.9 Å². The molecule has 158 valence electrons. The van der Waals surface area contributed by atoms with Crippen molar-refractivity contribution in [3.63, 3.8) is 0 Å². The van der Waals surface area contributed by atoms with Crippen LogP contribution in [-0.2, 0) is 4.74 Å². The molecule has 2 heterocycles. The van der Waals surface area contributed by atoms with Crippen molar-refractivity contribution in [2.75, 3.05) is 7.11 Å². The van der Waals surface area contributed by atoms with Crippen LogP contribution in [0.4, 0.5) is 4.39 Å². The van der Waals surface area contributed by atoms with Crippen molar-refractivity contribution in [2.24, 2.45) is 0 Å². The third-order valence-electron chi connectivity index (χ3n) is 5.66. The molecule has 1 aliphatic carbocycles. The van der Waals surface area contributed by atoms with Gasteiger partial charge in [-0.3, -0.25) is 4.79 Å². The molecule has 4 aromatic rings. The first-order chi connectivity index (χ1) is 15.1. The Hall–Kier alpha value is -3.52.